The number of methoxy groups -OCH3 is 1. The molecule has 1 aromatic carbocycles. The Kier molecular flexibility index (Phi) is 4.60. The van der Waals surface area contributed by atoms with E-state index in [2.05, 4.69) is 4.98 Å². The average molecular weight is 280 g/mol. The molecule has 0 bridgehead atoms. The van der Waals surface area contributed by atoms with Gasteiger partial charge in [0.25, 0.3) is 0 Å². The Labute approximate surface area is 116 Å². The summed E-state index contributed by atoms with van der Waals surface area (Å²) in [5.41, 5.74) is 1.40. The second-order valence-electron chi connectivity index (χ2n) is 3.87. The molecule has 0 fully saturated rings. The number of pyridine rings is 1. The van der Waals surface area contributed by atoms with Gasteiger partial charge < -0.3 is 14.6 Å². The molecule has 1 aromatic heterocycles. The molecule has 0 saturated carbocycles. The first-order valence-electron chi connectivity index (χ1n) is 5.75. The lowest BCUT2D eigenvalue weighted by atomic mass is 10.2. The summed E-state index contributed by atoms with van der Waals surface area (Å²) >= 11 is 5.86. The first-order chi connectivity index (χ1) is 9.22. The van der Waals surface area contributed by atoms with Crippen molar-refractivity contribution in [3.63, 3.8) is 0 Å². The predicted molar refractivity (Wildman–Crippen MR) is 72.5 cm³/mol. The molecule has 1 heterocycles. The summed E-state index contributed by atoms with van der Waals surface area (Å²) in [5.74, 6) is 1.14. The Morgan fingerprint density at radius 3 is 2.84 bits per heavy atom. The van der Waals surface area contributed by atoms with Crippen molar-refractivity contribution in [2.75, 3.05) is 7.11 Å². The van der Waals surface area contributed by atoms with Crippen molar-refractivity contribution in [2.24, 2.45) is 0 Å². The zero-order valence-corrected chi connectivity index (χ0v) is 11.2. The molecule has 2 aromatic rings. The Hall–Kier alpha value is -1.78. The minimum absolute atomic E-state index is 0.124. The highest BCUT2D eigenvalue weighted by atomic mass is 35.5. The molecule has 0 unspecified atom stereocenters. The average Bonchev–Trinajstić information content (AvgIpc) is 2.46. The van der Waals surface area contributed by atoms with Crippen LogP contribution in [0.25, 0.3) is 0 Å². The molecule has 0 aliphatic heterocycles. The van der Waals surface area contributed by atoms with Crippen LogP contribution in [0, 0.1) is 0 Å². The zero-order chi connectivity index (χ0) is 13.7. The first kappa shape index (κ1) is 13.6. The van der Waals surface area contributed by atoms with E-state index in [1.807, 2.05) is 12.1 Å². The third-order valence-electron chi connectivity index (χ3n) is 2.56. The molecule has 5 heteroatoms. The number of ether oxygens (including phenoxy) is 2. The molecule has 0 amide bonds. The van der Waals surface area contributed by atoms with Crippen LogP contribution >= 0.6 is 11.6 Å². The lowest BCUT2D eigenvalue weighted by molar-refractivity contribution is 0.257. The summed E-state index contributed by atoms with van der Waals surface area (Å²) < 4.78 is 10.7. The summed E-state index contributed by atoms with van der Waals surface area (Å²) in [6.07, 6.45) is 0. The molecule has 100 valence electrons. The molecule has 0 aliphatic rings. The van der Waals surface area contributed by atoms with Crippen molar-refractivity contribution in [1.82, 2.24) is 4.98 Å². The molecule has 4 nitrogen and oxygen atoms in total. The van der Waals surface area contributed by atoms with Crippen LogP contribution in [0.15, 0.2) is 36.4 Å². The van der Waals surface area contributed by atoms with Crippen molar-refractivity contribution < 1.29 is 14.6 Å². The molecule has 1 N–H and O–H groups in total. The highest BCUT2D eigenvalue weighted by molar-refractivity contribution is 6.30. The second-order valence-corrected chi connectivity index (χ2v) is 4.31. The zero-order valence-electron chi connectivity index (χ0n) is 10.5. The van der Waals surface area contributed by atoms with Crippen LogP contribution in [0.5, 0.6) is 11.6 Å². The molecule has 0 saturated heterocycles. The highest BCUT2D eigenvalue weighted by Crippen LogP contribution is 2.23. The van der Waals surface area contributed by atoms with Crippen molar-refractivity contribution >= 4 is 11.6 Å². The largest absolute Gasteiger partial charge is 0.487 e. The topological polar surface area (TPSA) is 51.6 Å². The Bertz CT molecular complexity index is 560. The SMILES string of the molecule is COc1cccc(COc2ccc(Cl)cc2CO)n1. The van der Waals surface area contributed by atoms with Gasteiger partial charge >= 0.3 is 0 Å². The molecule has 19 heavy (non-hydrogen) atoms. The third-order valence-corrected chi connectivity index (χ3v) is 2.79. The van der Waals surface area contributed by atoms with E-state index in [-0.39, 0.29) is 6.61 Å². The third kappa shape index (κ3) is 3.59. The number of hydrogen-bond donors (Lipinski definition) is 1. The van der Waals surface area contributed by atoms with E-state index in [0.29, 0.717) is 28.8 Å². The Morgan fingerprint density at radius 1 is 1.26 bits per heavy atom. The van der Waals surface area contributed by atoms with E-state index >= 15 is 0 Å². The van der Waals surface area contributed by atoms with E-state index in [1.165, 1.54) is 0 Å². The number of rotatable bonds is 5. The molecule has 0 spiro atoms. The van der Waals surface area contributed by atoms with Crippen LogP contribution in [-0.4, -0.2) is 17.2 Å². The van der Waals surface area contributed by atoms with Crippen molar-refractivity contribution in [3.05, 3.63) is 52.7 Å². The summed E-state index contributed by atoms with van der Waals surface area (Å²) in [5, 5.41) is 9.81. The fourth-order valence-corrected chi connectivity index (χ4v) is 1.81. The van der Waals surface area contributed by atoms with Gasteiger partial charge in [0.2, 0.25) is 5.88 Å². The number of hydrogen-bond acceptors (Lipinski definition) is 4. The second kappa shape index (κ2) is 6.41. The first-order valence-corrected chi connectivity index (χ1v) is 6.12. The van der Waals surface area contributed by atoms with Crippen molar-refractivity contribution in [3.8, 4) is 11.6 Å². The summed E-state index contributed by atoms with van der Waals surface area (Å²) in [6, 6.07) is 10.6. The van der Waals surface area contributed by atoms with Gasteiger partial charge in [-0.3, -0.25) is 0 Å². The monoisotopic (exact) mass is 279 g/mol. The van der Waals surface area contributed by atoms with E-state index < -0.39 is 0 Å². The van der Waals surface area contributed by atoms with E-state index in [4.69, 9.17) is 21.1 Å². The number of aliphatic hydroxyl groups is 1. The van der Waals surface area contributed by atoms with Gasteiger partial charge in [0.1, 0.15) is 12.4 Å². The summed E-state index contributed by atoms with van der Waals surface area (Å²) in [7, 11) is 1.57. The molecule has 2 rings (SSSR count). The Balaban J connectivity index is 2.09. The number of aromatic nitrogens is 1. The quantitative estimate of drug-likeness (QED) is 0.914. The molecule has 0 aliphatic carbocycles. The van der Waals surface area contributed by atoms with Gasteiger partial charge in [-0.1, -0.05) is 17.7 Å². The van der Waals surface area contributed by atoms with Gasteiger partial charge in [-0.05, 0) is 24.3 Å². The fraction of sp³-hybridized carbons (Fsp3) is 0.214. The maximum absolute atomic E-state index is 9.25. The summed E-state index contributed by atoms with van der Waals surface area (Å²) in [4.78, 5) is 4.24. The van der Waals surface area contributed by atoms with E-state index in [0.717, 1.165) is 5.69 Å². The van der Waals surface area contributed by atoms with Crippen LogP contribution in [0.4, 0.5) is 0 Å². The van der Waals surface area contributed by atoms with Gasteiger partial charge in [0.05, 0.1) is 19.4 Å². The highest BCUT2D eigenvalue weighted by Gasteiger charge is 2.05. The van der Waals surface area contributed by atoms with Gasteiger partial charge in [-0.15, -0.1) is 0 Å². The fourth-order valence-electron chi connectivity index (χ4n) is 1.62. The number of benzene rings is 1. The minimum Gasteiger partial charge on any atom is -0.487 e. The minimum atomic E-state index is -0.124. The van der Waals surface area contributed by atoms with Crippen LogP contribution in [0.1, 0.15) is 11.3 Å². The standard InChI is InChI=1S/C14H14ClNO3/c1-18-14-4-2-3-12(16-14)9-19-13-6-5-11(15)7-10(13)8-17/h2-7,17H,8-9H2,1H3. The number of nitrogens with zero attached hydrogens (tertiary/aromatic N) is 1. The van der Waals surface area contributed by atoms with Gasteiger partial charge in [-0.25, -0.2) is 4.98 Å². The van der Waals surface area contributed by atoms with E-state index in [9.17, 15) is 5.11 Å². The maximum atomic E-state index is 9.25. The van der Waals surface area contributed by atoms with Crippen molar-refractivity contribution in [1.29, 1.82) is 0 Å². The van der Waals surface area contributed by atoms with Crippen LogP contribution in [0.2, 0.25) is 5.02 Å². The lowest BCUT2D eigenvalue weighted by Crippen LogP contribution is -2.01. The van der Waals surface area contributed by atoms with Gasteiger partial charge in [0.15, 0.2) is 0 Å². The normalized spacial score (nSPS) is 10.3. The molecule has 0 radical (unpaired) electrons. The van der Waals surface area contributed by atoms with Crippen molar-refractivity contribution in [2.45, 2.75) is 13.2 Å². The summed E-state index contributed by atoms with van der Waals surface area (Å²) in [6.45, 7) is 0.174. The smallest absolute Gasteiger partial charge is 0.213 e. The maximum Gasteiger partial charge on any atom is 0.213 e. The van der Waals surface area contributed by atoms with E-state index in [1.54, 1.807) is 31.4 Å². The Morgan fingerprint density at radius 2 is 2.11 bits per heavy atom. The molecule has 0 atom stereocenters. The van der Waals surface area contributed by atoms with Gasteiger partial charge in [-0.2, -0.15) is 0 Å². The number of aliphatic hydroxyl groups excluding tert-OH is 1. The predicted octanol–water partition coefficient (Wildman–Crippen LogP) is 2.81. The van der Waals surface area contributed by atoms with Gasteiger partial charge in [0, 0.05) is 16.7 Å². The molecular formula is C14H14ClNO3. The number of halogens is 1. The van der Waals surface area contributed by atoms with Crippen LogP contribution in [0.3, 0.4) is 0 Å². The molecular weight excluding hydrogens is 266 g/mol. The van der Waals surface area contributed by atoms with Crippen LogP contribution < -0.4 is 9.47 Å². The van der Waals surface area contributed by atoms with Crippen LogP contribution in [-0.2, 0) is 13.2 Å². The lowest BCUT2D eigenvalue weighted by Gasteiger charge is -2.10.